The largest absolute Gasteiger partial charge is 0.443 e. The van der Waals surface area contributed by atoms with Gasteiger partial charge in [-0.1, -0.05) is 12.1 Å². The van der Waals surface area contributed by atoms with Crippen LogP contribution in [0.2, 0.25) is 0 Å². The molecule has 1 aromatic heterocycles. The van der Waals surface area contributed by atoms with Crippen molar-refractivity contribution in [3.05, 3.63) is 34.4 Å². The molecule has 0 aliphatic carbocycles. The maximum atomic E-state index is 12.2. The van der Waals surface area contributed by atoms with E-state index in [4.69, 9.17) is 4.74 Å². The summed E-state index contributed by atoms with van der Waals surface area (Å²) in [6.07, 6.45) is 0.630. The molecule has 1 N–H and O–H groups in total. The molecule has 1 heterocycles. The molecule has 1 aromatic carbocycles. The smallest absolute Gasteiger partial charge is 0.419 e. The monoisotopic (exact) mass is 339 g/mol. The standard InChI is InChI=1S/C15H18BrNO3/c1-9(18)10-6-5-7-12-13(10)11(16)8-17(12)14(19)20-15(2,3)4/h5-9,18H,1-4H3/t9-/m1/s1. The van der Waals surface area contributed by atoms with Gasteiger partial charge in [0.25, 0.3) is 0 Å². The lowest BCUT2D eigenvalue weighted by Gasteiger charge is -2.19. The SMILES string of the molecule is C[C@@H](O)c1cccc2c1c(Br)cn2C(=O)OC(C)(C)C. The van der Waals surface area contributed by atoms with Gasteiger partial charge in [-0.15, -0.1) is 0 Å². The number of nitrogens with zero attached hydrogens (tertiary/aromatic N) is 1. The summed E-state index contributed by atoms with van der Waals surface area (Å²) in [6, 6.07) is 5.49. The van der Waals surface area contributed by atoms with Crippen LogP contribution in [0, 0.1) is 0 Å². The van der Waals surface area contributed by atoms with E-state index in [0.29, 0.717) is 5.52 Å². The number of carbonyl (C=O) groups excluding carboxylic acids is 1. The first kappa shape index (κ1) is 15.1. The number of aromatic nitrogens is 1. The van der Waals surface area contributed by atoms with E-state index in [9.17, 15) is 9.90 Å². The number of benzene rings is 1. The number of ether oxygens (including phenoxy) is 1. The summed E-state index contributed by atoms with van der Waals surface area (Å²) in [7, 11) is 0. The molecule has 0 saturated heterocycles. The van der Waals surface area contributed by atoms with E-state index in [1.807, 2.05) is 39.0 Å². The van der Waals surface area contributed by atoms with Crippen molar-refractivity contribution in [3.8, 4) is 0 Å². The highest BCUT2D eigenvalue weighted by Gasteiger charge is 2.21. The van der Waals surface area contributed by atoms with E-state index in [0.717, 1.165) is 15.4 Å². The number of aliphatic hydroxyl groups is 1. The summed E-state index contributed by atoms with van der Waals surface area (Å²) in [5.41, 5.74) is 0.934. The van der Waals surface area contributed by atoms with Crippen LogP contribution < -0.4 is 0 Å². The molecule has 0 spiro atoms. The topological polar surface area (TPSA) is 51.5 Å². The Morgan fingerprint density at radius 3 is 2.60 bits per heavy atom. The van der Waals surface area contributed by atoms with Crippen molar-refractivity contribution in [1.29, 1.82) is 0 Å². The van der Waals surface area contributed by atoms with Crippen LogP contribution in [0.25, 0.3) is 10.9 Å². The summed E-state index contributed by atoms with van der Waals surface area (Å²) in [5.74, 6) is 0. The molecule has 0 fully saturated rings. The quantitative estimate of drug-likeness (QED) is 0.845. The second-order valence-corrected chi connectivity index (χ2v) is 6.60. The van der Waals surface area contributed by atoms with Crippen molar-refractivity contribution in [2.24, 2.45) is 0 Å². The van der Waals surface area contributed by atoms with Gasteiger partial charge in [0.1, 0.15) is 5.60 Å². The van der Waals surface area contributed by atoms with Gasteiger partial charge in [0.05, 0.1) is 11.6 Å². The Morgan fingerprint density at radius 1 is 1.40 bits per heavy atom. The van der Waals surface area contributed by atoms with E-state index in [-0.39, 0.29) is 0 Å². The van der Waals surface area contributed by atoms with E-state index >= 15 is 0 Å². The third-order valence-corrected chi connectivity index (χ3v) is 3.46. The average Bonchev–Trinajstić information content (AvgIpc) is 2.65. The van der Waals surface area contributed by atoms with E-state index in [2.05, 4.69) is 15.9 Å². The van der Waals surface area contributed by atoms with Gasteiger partial charge in [-0.25, -0.2) is 4.79 Å². The summed E-state index contributed by atoms with van der Waals surface area (Å²) in [4.78, 5) is 12.2. The van der Waals surface area contributed by atoms with Gasteiger partial charge < -0.3 is 9.84 Å². The van der Waals surface area contributed by atoms with Crippen LogP contribution in [-0.4, -0.2) is 21.4 Å². The normalized spacial score (nSPS) is 13.5. The minimum Gasteiger partial charge on any atom is -0.443 e. The molecule has 108 valence electrons. The number of rotatable bonds is 1. The molecule has 2 aromatic rings. The van der Waals surface area contributed by atoms with Gasteiger partial charge in [-0.3, -0.25) is 4.57 Å². The van der Waals surface area contributed by atoms with Crippen molar-refractivity contribution in [3.63, 3.8) is 0 Å². The second-order valence-electron chi connectivity index (χ2n) is 5.74. The molecule has 5 heteroatoms. The molecule has 1 atom stereocenters. The van der Waals surface area contributed by atoms with Crippen LogP contribution in [0.3, 0.4) is 0 Å². The van der Waals surface area contributed by atoms with Crippen LogP contribution in [0.15, 0.2) is 28.9 Å². The average molecular weight is 340 g/mol. The van der Waals surface area contributed by atoms with Crippen molar-refractivity contribution in [2.45, 2.75) is 39.4 Å². The van der Waals surface area contributed by atoms with Crippen molar-refractivity contribution in [1.82, 2.24) is 4.57 Å². The van der Waals surface area contributed by atoms with Crippen molar-refractivity contribution >= 4 is 32.9 Å². The predicted molar refractivity (Wildman–Crippen MR) is 81.9 cm³/mol. The highest BCUT2D eigenvalue weighted by Crippen LogP contribution is 2.32. The fraction of sp³-hybridized carbons (Fsp3) is 0.400. The number of fused-ring (bicyclic) bond motifs is 1. The number of aliphatic hydroxyl groups excluding tert-OH is 1. The maximum absolute atomic E-state index is 12.2. The Bertz CT molecular complexity index is 653. The Balaban J connectivity index is 2.57. The Hall–Kier alpha value is -1.33. The minimum absolute atomic E-state index is 0.434. The van der Waals surface area contributed by atoms with Crippen LogP contribution >= 0.6 is 15.9 Å². The fourth-order valence-corrected chi connectivity index (χ4v) is 2.71. The molecular formula is C15H18BrNO3. The van der Waals surface area contributed by atoms with Gasteiger partial charge in [0.2, 0.25) is 0 Å². The molecule has 0 radical (unpaired) electrons. The zero-order valence-electron chi connectivity index (χ0n) is 12.0. The summed E-state index contributed by atoms with van der Waals surface area (Å²) < 4.78 is 7.60. The maximum Gasteiger partial charge on any atom is 0.419 e. The van der Waals surface area contributed by atoms with Gasteiger partial charge >= 0.3 is 6.09 Å². The number of carbonyl (C=O) groups is 1. The van der Waals surface area contributed by atoms with Gasteiger partial charge in [0.15, 0.2) is 0 Å². The number of hydrogen-bond donors (Lipinski definition) is 1. The Morgan fingerprint density at radius 2 is 2.05 bits per heavy atom. The summed E-state index contributed by atoms with van der Waals surface area (Å²) >= 11 is 3.45. The molecule has 0 amide bonds. The lowest BCUT2D eigenvalue weighted by Crippen LogP contribution is -2.26. The first-order valence-corrected chi connectivity index (χ1v) is 7.21. The fourth-order valence-electron chi connectivity index (χ4n) is 2.08. The van der Waals surface area contributed by atoms with E-state index < -0.39 is 17.8 Å². The van der Waals surface area contributed by atoms with Gasteiger partial charge in [0, 0.05) is 16.1 Å². The summed E-state index contributed by atoms with van der Waals surface area (Å²) in [5, 5.41) is 10.7. The van der Waals surface area contributed by atoms with Gasteiger partial charge in [-0.05, 0) is 55.3 Å². The lowest BCUT2D eigenvalue weighted by molar-refractivity contribution is 0.0544. The second kappa shape index (κ2) is 5.22. The summed E-state index contributed by atoms with van der Waals surface area (Å²) in [6.45, 7) is 7.18. The van der Waals surface area contributed by atoms with Crippen LogP contribution in [0.4, 0.5) is 4.79 Å². The zero-order valence-corrected chi connectivity index (χ0v) is 13.6. The number of hydrogen-bond acceptors (Lipinski definition) is 3. The van der Waals surface area contributed by atoms with Crippen LogP contribution in [0.5, 0.6) is 0 Å². The molecule has 4 nitrogen and oxygen atoms in total. The Kier molecular flexibility index (Phi) is 3.93. The lowest BCUT2D eigenvalue weighted by atomic mass is 10.1. The van der Waals surface area contributed by atoms with Crippen LogP contribution in [0.1, 0.15) is 39.4 Å². The van der Waals surface area contributed by atoms with Gasteiger partial charge in [-0.2, -0.15) is 0 Å². The molecular weight excluding hydrogens is 322 g/mol. The minimum atomic E-state index is -0.607. The molecule has 0 saturated carbocycles. The van der Waals surface area contributed by atoms with Crippen LogP contribution in [-0.2, 0) is 4.74 Å². The first-order chi connectivity index (χ1) is 9.20. The molecule has 20 heavy (non-hydrogen) atoms. The molecule has 0 aliphatic rings. The molecule has 0 aliphatic heterocycles. The van der Waals surface area contributed by atoms with E-state index in [1.54, 1.807) is 13.1 Å². The predicted octanol–water partition coefficient (Wildman–Crippen LogP) is 4.24. The molecule has 2 rings (SSSR count). The first-order valence-electron chi connectivity index (χ1n) is 6.41. The third-order valence-electron chi connectivity index (χ3n) is 2.86. The van der Waals surface area contributed by atoms with Crippen molar-refractivity contribution < 1.29 is 14.6 Å². The van der Waals surface area contributed by atoms with Crippen molar-refractivity contribution in [2.75, 3.05) is 0 Å². The third kappa shape index (κ3) is 2.88. The highest BCUT2D eigenvalue weighted by atomic mass is 79.9. The number of halogens is 1. The molecule has 0 unspecified atom stereocenters. The molecule has 0 bridgehead atoms. The zero-order chi connectivity index (χ0) is 15.1. The Labute approximate surface area is 126 Å². The van der Waals surface area contributed by atoms with E-state index in [1.165, 1.54) is 4.57 Å². The highest BCUT2D eigenvalue weighted by molar-refractivity contribution is 9.10.